The maximum Gasteiger partial charge on any atom is 0.231 e. The fourth-order valence-electron chi connectivity index (χ4n) is 2.82. The standard InChI is InChI=1S/C18H20N4O2S2/c1-12(15-5-2-8-24-15)19-17(23)11-26-18-21-20-16(22(18)13-6-7-13)10-14-4-3-9-25-14/h2-5,8-9,12-13H,6-7,10-11H2,1H3,(H,19,23)/t12-/m0/s1. The summed E-state index contributed by atoms with van der Waals surface area (Å²) in [5.41, 5.74) is 0. The predicted octanol–water partition coefficient (Wildman–Crippen LogP) is 3.83. The molecule has 3 aromatic heterocycles. The first kappa shape index (κ1) is 17.4. The van der Waals surface area contributed by atoms with Gasteiger partial charge in [-0.15, -0.1) is 21.5 Å². The summed E-state index contributed by atoms with van der Waals surface area (Å²) >= 11 is 3.18. The number of carbonyl (C=O) groups excluding carboxylic acids is 1. The fraction of sp³-hybridized carbons (Fsp3) is 0.389. The molecule has 26 heavy (non-hydrogen) atoms. The van der Waals surface area contributed by atoms with Crippen molar-refractivity contribution in [3.63, 3.8) is 0 Å². The molecule has 0 spiro atoms. The summed E-state index contributed by atoms with van der Waals surface area (Å²) in [5, 5.41) is 14.6. The van der Waals surface area contributed by atoms with Crippen molar-refractivity contribution in [2.75, 3.05) is 5.75 Å². The van der Waals surface area contributed by atoms with Crippen LogP contribution in [0.25, 0.3) is 0 Å². The molecule has 0 aromatic carbocycles. The first-order valence-electron chi connectivity index (χ1n) is 8.62. The van der Waals surface area contributed by atoms with Crippen molar-refractivity contribution in [3.8, 4) is 0 Å². The van der Waals surface area contributed by atoms with Crippen LogP contribution < -0.4 is 5.32 Å². The molecule has 0 unspecified atom stereocenters. The molecule has 0 saturated heterocycles. The molecule has 1 aliphatic rings. The average molecular weight is 389 g/mol. The van der Waals surface area contributed by atoms with Gasteiger partial charge in [-0.1, -0.05) is 17.8 Å². The Morgan fingerprint density at radius 3 is 3.00 bits per heavy atom. The number of thioether (sulfide) groups is 1. The van der Waals surface area contributed by atoms with E-state index in [2.05, 4.69) is 37.6 Å². The van der Waals surface area contributed by atoms with Crippen LogP contribution in [0, 0.1) is 0 Å². The van der Waals surface area contributed by atoms with Gasteiger partial charge in [0.15, 0.2) is 5.16 Å². The second-order valence-corrected chi connectivity index (χ2v) is 8.32. The van der Waals surface area contributed by atoms with Crippen LogP contribution in [0.3, 0.4) is 0 Å². The quantitative estimate of drug-likeness (QED) is 0.594. The molecule has 136 valence electrons. The van der Waals surface area contributed by atoms with Crippen molar-refractivity contribution < 1.29 is 9.21 Å². The zero-order valence-corrected chi connectivity index (χ0v) is 16.1. The number of nitrogens with one attached hydrogen (secondary N) is 1. The van der Waals surface area contributed by atoms with Crippen LogP contribution in [0.2, 0.25) is 0 Å². The van der Waals surface area contributed by atoms with E-state index in [4.69, 9.17) is 4.42 Å². The molecule has 1 N–H and O–H groups in total. The van der Waals surface area contributed by atoms with E-state index in [-0.39, 0.29) is 11.9 Å². The predicted molar refractivity (Wildman–Crippen MR) is 101 cm³/mol. The van der Waals surface area contributed by atoms with Gasteiger partial charge in [-0.3, -0.25) is 4.79 Å². The van der Waals surface area contributed by atoms with Crippen LogP contribution >= 0.6 is 23.1 Å². The molecular weight excluding hydrogens is 368 g/mol. The summed E-state index contributed by atoms with van der Waals surface area (Å²) in [7, 11) is 0. The summed E-state index contributed by atoms with van der Waals surface area (Å²) in [5.74, 6) is 2.02. The highest BCUT2D eigenvalue weighted by molar-refractivity contribution is 7.99. The second kappa shape index (κ2) is 7.67. The molecule has 1 saturated carbocycles. The highest BCUT2D eigenvalue weighted by Gasteiger charge is 2.30. The molecule has 6 nitrogen and oxygen atoms in total. The van der Waals surface area contributed by atoms with Crippen molar-refractivity contribution in [3.05, 3.63) is 52.4 Å². The Bertz CT molecular complexity index is 854. The van der Waals surface area contributed by atoms with Crippen LogP contribution in [-0.4, -0.2) is 26.4 Å². The minimum Gasteiger partial charge on any atom is -0.467 e. The lowest BCUT2D eigenvalue weighted by molar-refractivity contribution is -0.119. The number of carbonyl (C=O) groups is 1. The molecule has 0 aliphatic heterocycles. The first-order valence-corrected chi connectivity index (χ1v) is 10.5. The SMILES string of the molecule is C[C@H](NC(=O)CSc1nnc(Cc2cccs2)n1C1CC1)c1ccco1. The van der Waals surface area contributed by atoms with Crippen molar-refractivity contribution >= 4 is 29.0 Å². The molecule has 0 bridgehead atoms. The van der Waals surface area contributed by atoms with Crippen LogP contribution in [0.4, 0.5) is 0 Å². The van der Waals surface area contributed by atoms with E-state index in [1.165, 1.54) is 16.6 Å². The zero-order valence-electron chi connectivity index (χ0n) is 14.4. The molecule has 1 atom stereocenters. The van der Waals surface area contributed by atoms with Gasteiger partial charge < -0.3 is 14.3 Å². The van der Waals surface area contributed by atoms with Crippen LogP contribution in [-0.2, 0) is 11.2 Å². The van der Waals surface area contributed by atoms with E-state index >= 15 is 0 Å². The van der Waals surface area contributed by atoms with Crippen LogP contribution in [0.5, 0.6) is 0 Å². The smallest absolute Gasteiger partial charge is 0.231 e. The van der Waals surface area contributed by atoms with Crippen molar-refractivity contribution in [2.24, 2.45) is 0 Å². The molecule has 3 heterocycles. The third kappa shape index (κ3) is 4.02. The topological polar surface area (TPSA) is 73.0 Å². The number of furan rings is 1. The molecule has 4 rings (SSSR count). The molecule has 1 aliphatic carbocycles. The number of hydrogen-bond acceptors (Lipinski definition) is 6. The normalized spacial score (nSPS) is 15.1. The zero-order chi connectivity index (χ0) is 17.9. The summed E-state index contributed by atoms with van der Waals surface area (Å²) in [6, 6.07) is 8.19. The summed E-state index contributed by atoms with van der Waals surface area (Å²) in [4.78, 5) is 13.5. The third-order valence-corrected chi connectivity index (χ3v) is 6.06. The van der Waals surface area contributed by atoms with Gasteiger partial charge in [-0.25, -0.2) is 0 Å². The van der Waals surface area contributed by atoms with Gasteiger partial charge in [-0.2, -0.15) is 0 Å². The van der Waals surface area contributed by atoms with E-state index < -0.39 is 0 Å². The number of rotatable bonds is 8. The third-order valence-electron chi connectivity index (χ3n) is 4.24. The maximum absolute atomic E-state index is 12.3. The van der Waals surface area contributed by atoms with Gasteiger partial charge in [-0.05, 0) is 43.3 Å². The molecule has 3 aromatic rings. The minimum atomic E-state index is -0.145. The Kier molecular flexibility index (Phi) is 5.12. The molecule has 1 amide bonds. The number of amides is 1. The molecule has 8 heteroatoms. The maximum atomic E-state index is 12.3. The molecule has 0 radical (unpaired) electrons. The van der Waals surface area contributed by atoms with E-state index in [0.717, 1.165) is 36.0 Å². The highest BCUT2D eigenvalue weighted by Crippen LogP contribution is 2.39. The van der Waals surface area contributed by atoms with Gasteiger partial charge in [0, 0.05) is 17.3 Å². The van der Waals surface area contributed by atoms with Gasteiger partial charge in [0.1, 0.15) is 11.6 Å². The fourth-order valence-corrected chi connectivity index (χ4v) is 4.35. The van der Waals surface area contributed by atoms with E-state index in [1.807, 2.05) is 19.1 Å². The summed E-state index contributed by atoms with van der Waals surface area (Å²) in [6.07, 6.45) is 4.72. The number of thiophene rings is 1. The largest absolute Gasteiger partial charge is 0.467 e. The monoisotopic (exact) mass is 388 g/mol. The van der Waals surface area contributed by atoms with Crippen molar-refractivity contribution in [1.82, 2.24) is 20.1 Å². The van der Waals surface area contributed by atoms with Gasteiger partial charge in [0.2, 0.25) is 5.91 Å². The summed E-state index contributed by atoms with van der Waals surface area (Å²) < 4.78 is 7.54. The van der Waals surface area contributed by atoms with Crippen molar-refractivity contribution in [1.29, 1.82) is 0 Å². The van der Waals surface area contributed by atoms with Gasteiger partial charge >= 0.3 is 0 Å². The van der Waals surface area contributed by atoms with E-state index in [0.29, 0.717) is 11.8 Å². The Morgan fingerprint density at radius 1 is 1.42 bits per heavy atom. The second-order valence-electron chi connectivity index (χ2n) is 6.35. The number of hydrogen-bond donors (Lipinski definition) is 1. The lowest BCUT2D eigenvalue weighted by atomic mass is 10.2. The van der Waals surface area contributed by atoms with Gasteiger partial charge in [0.25, 0.3) is 0 Å². The molecular formula is C18H20N4O2S2. The Balaban J connectivity index is 1.38. The molecule has 1 fully saturated rings. The van der Waals surface area contributed by atoms with Gasteiger partial charge in [0.05, 0.1) is 18.1 Å². The summed E-state index contributed by atoms with van der Waals surface area (Å²) in [6.45, 7) is 1.91. The average Bonchev–Trinajstić information content (AvgIpc) is 3.08. The van der Waals surface area contributed by atoms with Crippen LogP contribution in [0.15, 0.2) is 45.5 Å². The minimum absolute atomic E-state index is 0.0379. The lowest BCUT2D eigenvalue weighted by Gasteiger charge is -2.11. The van der Waals surface area contributed by atoms with Crippen molar-refractivity contribution in [2.45, 2.75) is 43.4 Å². The lowest BCUT2D eigenvalue weighted by Crippen LogP contribution is -2.28. The number of nitrogens with zero attached hydrogens (tertiary/aromatic N) is 3. The van der Waals surface area contributed by atoms with E-state index in [9.17, 15) is 4.79 Å². The Labute approximate surface area is 160 Å². The Morgan fingerprint density at radius 2 is 2.31 bits per heavy atom. The number of aromatic nitrogens is 3. The van der Waals surface area contributed by atoms with E-state index in [1.54, 1.807) is 17.6 Å². The Hall–Kier alpha value is -2.06. The first-order chi connectivity index (χ1) is 12.7. The van der Waals surface area contributed by atoms with Crippen LogP contribution in [0.1, 0.15) is 48.3 Å². The highest BCUT2D eigenvalue weighted by atomic mass is 32.2.